The van der Waals surface area contributed by atoms with Crippen LogP contribution in [0, 0.1) is 0 Å². The Morgan fingerprint density at radius 3 is 2.42 bits per heavy atom. The molecule has 2 aromatic rings. The molecule has 0 aliphatic rings. The molecule has 0 atom stereocenters. The van der Waals surface area contributed by atoms with Crippen molar-refractivity contribution in [1.29, 1.82) is 0 Å². The summed E-state index contributed by atoms with van der Waals surface area (Å²) in [5.41, 5.74) is 1.36. The number of nitrogens with one attached hydrogen (secondary N) is 1. The van der Waals surface area contributed by atoms with Gasteiger partial charge in [-0.15, -0.1) is 0 Å². The normalized spacial score (nSPS) is 11.0. The molecule has 1 amide bonds. The summed E-state index contributed by atoms with van der Waals surface area (Å²) in [5.74, 6) is -0.466. The van der Waals surface area contributed by atoms with E-state index in [1.54, 1.807) is 42.5 Å². The molecule has 0 aliphatic carbocycles. The van der Waals surface area contributed by atoms with Crippen LogP contribution in [0.5, 0.6) is 0 Å². The number of ketones is 1. The maximum atomic E-state index is 12.2. The van der Waals surface area contributed by atoms with Crippen molar-refractivity contribution in [2.75, 3.05) is 22.4 Å². The summed E-state index contributed by atoms with van der Waals surface area (Å²) >= 11 is 5.92. The number of hydrogen-bond acceptors (Lipinski definition) is 4. The minimum Gasteiger partial charge on any atom is -0.326 e. The van der Waals surface area contributed by atoms with Crippen LogP contribution < -0.4 is 9.62 Å². The molecule has 0 spiro atoms. The number of hydrogen-bond donors (Lipinski definition) is 1. The second-order valence-electron chi connectivity index (χ2n) is 5.75. The minimum absolute atomic E-state index is 0.0303. The molecule has 0 heterocycles. The van der Waals surface area contributed by atoms with E-state index in [4.69, 9.17) is 11.6 Å². The number of nitrogens with zero attached hydrogens (tertiary/aromatic N) is 1. The van der Waals surface area contributed by atoms with Crippen molar-refractivity contribution in [3.8, 4) is 0 Å². The van der Waals surface area contributed by atoms with E-state index in [0.29, 0.717) is 22.0 Å². The first-order valence-electron chi connectivity index (χ1n) is 7.81. The minimum atomic E-state index is -3.57. The zero-order valence-corrected chi connectivity index (χ0v) is 16.0. The van der Waals surface area contributed by atoms with Gasteiger partial charge < -0.3 is 5.32 Å². The van der Waals surface area contributed by atoms with Gasteiger partial charge >= 0.3 is 0 Å². The van der Waals surface area contributed by atoms with Crippen LogP contribution in [0.3, 0.4) is 0 Å². The number of carbonyl (C=O) groups excluding carboxylic acids is 2. The highest BCUT2D eigenvalue weighted by Gasteiger charge is 2.19. The molecular weight excluding hydrogens is 376 g/mol. The molecule has 2 aromatic carbocycles. The van der Waals surface area contributed by atoms with Gasteiger partial charge in [-0.2, -0.15) is 0 Å². The first-order chi connectivity index (χ1) is 12.2. The van der Waals surface area contributed by atoms with Crippen molar-refractivity contribution in [1.82, 2.24) is 0 Å². The Hall–Kier alpha value is -2.38. The van der Waals surface area contributed by atoms with Crippen LogP contribution in [0.4, 0.5) is 11.4 Å². The summed E-state index contributed by atoms with van der Waals surface area (Å²) in [4.78, 5) is 23.6. The fourth-order valence-corrected chi connectivity index (χ4v) is 3.46. The van der Waals surface area contributed by atoms with E-state index in [1.165, 1.54) is 13.0 Å². The maximum absolute atomic E-state index is 12.2. The Labute approximate surface area is 157 Å². The lowest BCUT2D eigenvalue weighted by Crippen LogP contribution is -2.33. The van der Waals surface area contributed by atoms with Crippen molar-refractivity contribution in [2.24, 2.45) is 0 Å². The third-order valence-corrected chi connectivity index (χ3v) is 5.02. The van der Waals surface area contributed by atoms with Gasteiger partial charge in [-0.25, -0.2) is 8.42 Å². The molecule has 0 unspecified atom stereocenters. The number of halogens is 1. The molecule has 1 N–H and O–H groups in total. The third kappa shape index (κ3) is 5.57. The summed E-state index contributed by atoms with van der Waals surface area (Å²) in [6.07, 6.45) is 1.02. The quantitative estimate of drug-likeness (QED) is 0.730. The van der Waals surface area contributed by atoms with E-state index in [0.717, 1.165) is 10.6 Å². The molecule has 2 rings (SSSR count). The lowest BCUT2D eigenvalue weighted by atomic mass is 10.1. The summed E-state index contributed by atoms with van der Waals surface area (Å²) in [7, 11) is -3.57. The second-order valence-corrected chi connectivity index (χ2v) is 8.09. The van der Waals surface area contributed by atoms with Gasteiger partial charge in [0.05, 0.1) is 11.9 Å². The van der Waals surface area contributed by atoms with E-state index < -0.39 is 10.0 Å². The van der Waals surface area contributed by atoms with Gasteiger partial charge in [-0.1, -0.05) is 29.8 Å². The molecule has 0 aliphatic heterocycles. The van der Waals surface area contributed by atoms with Crippen molar-refractivity contribution < 1.29 is 18.0 Å². The molecule has 0 radical (unpaired) electrons. The van der Waals surface area contributed by atoms with Gasteiger partial charge in [0.2, 0.25) is 15.9 Å². The van der Waals surface area contributed by atoms with Gasteiger partial charge in [-0.3, -0.25) is 13.9 Å². The zero-order valence-electron chi connectivity index (χ0n) is 14.4. The SMILES string of the molecule is CC(=O)c1cccc(NC(=O)CCN(c2cccc(Cl)c2)S(C)(=O)=O)c1. The molecular formula is C18H19ClN2O4S. The molecule has 0 fully saturated rings. The number of anilines is 2. The summed E-state index contributed by atoms with van der Waals surface area (Å²) < 4.78 is 25.2. The second kappa shape index (κ2) is 8.33. The maximum Gasteiger partial charge on any atom is 0.232 e. The van der Waals surface area contributed by atoms with E-state index >= 15 is 0 Å². The van der Waals surface area contributed by atoms with Crippen LogP contribution in [-0.4, -0.2) is 32.9 Å². The van der Waals surface area contributed by atoms with E-state index in [1.807, 2.05) is 0 Å². The van der Waals surface area contributed by atoms with Crippen LogP contribution in [-0.2, 0) is 14.8 Å². The highest BCUT2D eigenvalue weighted by Crippen LogP contribution is 2.22. The van der Waals surface area contributed by atoms with Crippen LogP contribution in [0.25, 0.3) is 0 Å². The fourth-order valence-electron chi connectivity index (χ4n) is 2.36. The summed E-state index contributed by atoms with van der Waals surface area (Å²) in [6.45, 7) is 1.41. The molecule has 26 heavy (non-hydrogen) atoms. The van der Waals surface area contributed by atoms with Gasteiger partial charge in [0, 0.05) is 29.2 Å². The van der Waals surface area contributed by atoms with E-state index in [9.17, 15) is 18.0 Å². The molecule has 0 bridgehead atoms. The van der Waals surface area contributed by atoms with Crippen LogP contribution in [0.15, 0.2) is 48.5 Å². The number of benzene rings is 2. The Morgan fingerprint density at radius 1 is 1.12 bits per heavy atom. The Balaban J connectivity index is 2.08. The molecule has 138 valence electrons. The summed E-state index contributed by atoms with van der Waals surface area (Å²) in [5, 5.41) is 3.07. The topological polar surface area (TPSA) is 83.6 Å². The fraction of sp³-hybridized carbons (Fsp3) is 0.222. The average Bonchev–Trinajstić information content (AvgIpc) is 2.54. The standard InChI is InChI=1S/C18H19ClN2O4S/c1-13(22)14-5-3-7-16(11-14)20-18(23)9-10-21(26(2,24)25)17-8-4-6-15(19)12-17/h3-8,11-12H,9-10H2,1-2H3,(H,20,23). The van der Waals surface area contributed by atoms with Gasteiger partial charge in [-0.05, 0) is 37.3 Å². The van der Waals surface area contributed by atoms with Gasteiger partial charge in [0.15, 0.2) is 5.78 Å². The van der Waals surface area contributed by atoms with Crippen molar-refractivity contribution >= 4 is 44.7 Å². The number of amides is 1. The smallest absolute Gasteiger partial charge is 0.232 e. The van der Waals surface area contributed by atoms with Crippen LogP contribution in [0.2, 0.25) is 5.02 Å². The zero-order chi connectivity index (χ0) is 19.3. The number of sulfonamides is 1. The highest BCUT2D eigenvalue weighted by atomic mass is 35.5. The lowest BCUT2D eigenvalue weighted by molar-refractivity contribution is -0.116. The first kappa shape index (κ1) is 19.9. The predicted octanol–water partition coefficient (Wildman–Crippen LogP) is 3.34. The molecule has 0 saturated heterocycles. The van der Waals surface area contributed by atoms with Gasteiger partial charge in [0.1, 0.15) is 0 Å². The molecule has 6 nitrogen and oxygen atoms in total. The number of carbonyl (C=O) groups is 2. The van der Waals surface area contributed by atoms with E-state index in [2.05, 4.69) is 5.32 Å². The lowest BCUT2D eigenvalue weighted by Gasteiger charge is -2.22. The molecule has 0 aromatic heterocycles. The van der Waals surface area contributed by atoms with Crippen molar-refractivity contribution in [2.45, 2.75) is 13.3 Å². The monoisotopic (exact) mass is 394 g/mol. The summed E-state index contributed by atoms with van der Waals surface area (Å²) in [6, 6.07) is 13.0. The number of rotatable bonds is 7. The molecule has 8 heteroatoms. The van der Waals surface area contributed by atoms with Gasteiger partial charge in [0.25, 0.3) is 0 Å². The Bertz CT molecular complexity index is 928. The Morgan fingerprint density at radius 2 is 1.81 bits per heavy atom. The predicted molar refractivity (Wildman–Crippen MR) is 103 cm³/mol. The number of Topliss-reactive ketones (excluding diaryl/α,β-unsaturated/α-hetero) is 1. The highest BCUT2D eigenvalue weighted by molar-refractivity contribution is 7.92. The largest absolute Gasteiger partial charge is 0.326 e. The first-order valence-corrected chi connectivity index (χ1v) is 10.0. The van der Waals surface area contributed by atoms with Crippen molar-refractivity contribution in [3.05, 3.63) is 59.1 Å². The van der Waals surface area contributed by atoms with Crippen LogP contribution >= 0.6 is 11.6 Å². The van der Waals surface area contributed by atoms with Crippen molar-refractivity contribution in [3.63, 3.8) is 0 Å². The Kier molecular flexibility index (Phi) is 6.39. The average molecular weight is 395 g/mol. The van der Waals surface area contributed by atoms with Crippen LogP contribution in [0.1, 0.15) is 23.7 Å². The van der Waals surface area contributed by atoms with E-state index in [-0.39, 0.29) is 24.7 Å². The molecule has 0 saturated carbocycles. The third-order valence-electron chi connectivity index (χ3n) is 3.59.